The molecule has 9 heteroatoms. The van der Waals surface area contributed by atoms with Gasteiger partial charge in [-0.15, -0.1) is 0 Å². The normalized spacial score (nSPS) is 14.5. The third-order valence-corrected chi connectivity index (χ3v) is 5.19. The summed E-state index contributed by atoms with van der Waals surface area (Å²) >= 11 is 0. The van der Waals surface area contributed by atoms with E-state index >= 15 is 0 Å². The molecule has 0 bridgehead atoms. The zero-order chi connectivity index (χ0) is 23.0. The van der Waals surface area contributed by atoms with Crippen LogP contribution in [0.25, 0.3) is 0 Å². The molecule has 164 valence electrons. The Morgan fingerprint density at radius 2 is 1.58 bits per heavy atom. The highest BCUT2D eigenvalue weighted by Crippen LogP contribution is 2.46. The van der Waals surface area contributed by atoms with E-state index in [-0.39, 0.29) is 41.7 Å². The van der Waals surface area contributed by atoms with Gasteiger partial charge in [0.15, 0.2) is 5.78 Å². The van der Waals surface area contributed by atoms with Gasteiger partial charge in [0.05, 0.1) is 23.8 Å². The molecule has 0 saturated heterocycles. The Labute approximate surface area is 177 Å². The maximum Gasteiger partial charge on any atom is 0.302 e. The number of fused-ring (bicyclic) bond motifs is 2. The molecule has 1 aliphatic carbocycles. The van der Waals surface area contributed by atoms with E-state index in [0.29, 0.717) is 0 Å². The number of benzene rings is 2. The molecule has 2 aromatic rings. The number of aromatic hydroxyl groups is 4. The summed E-state index contributed by atoms with van der Waals surface area (Å²) in [5, 5.41) is 50.9. The Hall–Kier alpha value is -3.59. The van der Waals surface area contributed by atoms with Crippen molar-refractivity contribution >= 4 is 17.5 Å². The van der Waals surface area contributed by atoms with Gasteiger partial charge in [-0.1, -0.05) is 0 Å². The van der Waals surface area contributed by atoms with Crippen LogP contribution < -0.4 is 0 Å². The van der Waals surface area contributed by atoms with Gasteiger partial charge in [0.1, 0.15) is 23.0 Å². The minimum absolute atomic E-state index is 0.108. The van der Waals surface area contributed by atoms with Gasteiger partial charge in [-0.25, -0.2) is 0 Å². The molecule has 0 spiro atoms. The van der Waals surface area contributed by atoms with E-state index in [1.165, 1.54) is 6.92 Å². The van der Waals surface area contributed by atoms with Gasteiger partial charge in [-0.05, 0) is 31.9 Å². The number of esters is 1. The fourth-order valence-electron chi connectivity index (χ4n) is 3.75. The lowest BCUT2D eigenvalue weighted by Crippen LogP contribution is -2.22. The lowest BCUT2D eigenvalue weighted by molar-refractivity contribution is -0.141. The zero-order valence-corrected chi connectivity index (χ0v) is 16.9. The molecule has 2 atom stereocenters. The molecular formula is C22H22O9. The number of hydrogen-bond donors (Lipinski definition) is 5. The van der Waals surface area contributed by atoms with Crippen molar-refractivity contribution in [2.24, 2.45) is 0 Å². The minimum atomic E-state index is -0.859. The lowest BCUT2D eigenvalue weighted by Gasteiger charge is -2.25. The van der Waals surface area contributed by atoms with Gasteiger partial charge in [0, 0.05) is 35.6 Å². The number of carbonyl (C=O) groups excluding carboxylic acids is 3. The molecule has 0 amide bonds. The Morgan fingerprint density at radius 1 is 0.935 bits per heavy atom. The molecule has 3 rings (SSSR count). The highest BCUT2D eigenvalue weighted by atomic mass is 16.5. The van der Waals surface area contributed by atoms with Gasteiger partial charge in [-0.2, -0.15) is 0 Å². The fourth-order valence-corrected chi connectivity index (χ4v) is 3.75. The maximum absolute atomic E-state index is 13.1. The van der Waals surface area contributed by atoms with Crippen LogP contribution in [0.3, 0.4) is 0 Å². The lowest BCUT2D eigenvalue weighted by atomic mass is 9.79. The Morgan fingerprint density at radius 3 is 2.19 bits per heavy atom. The first kappa shape index (κ1) is 22.1. The number of aliphatic hydroxyl groups excluding tert-OH is 1. The second-order valence-corrected chi connectivity index (χ2v) is 7.55. The van der Waals surface area contributed by atoms with Crippen LogP contribution in [0, 0.1) is 0 Å². The minimum Gasteiger partial charge on any atom is -0.508 e. The number of phenols is 4. The number of carbonyl (C=O) groups is 3. The molecule has 5 N–H and O–H groups in total. The third-order valence-electron chi connectivity index (χ3n) is 5.19. The maximum atomic E-state index is 13.1. The standard InChI is InChI=1S/C22H22O9/c1-9(23)3-4-11(8-31-10(2)24)17-16(27)7-14-19(21(17)29)22(30)18-13(20(14)28)5-12(25)6-15(18)26/h5-7,9,11,23,25-27,29H,3-4,8H2,1-2H3/t9-,11+/m0/s1. The summed E-state index contributed by atoms with van der Waals surface area (Å²) in [5.41, 5.74) is -1.43. The smallest absolute Gasteiger partial charge is 0.302 e. The Kier molecular flexibility index (Phi) is 5.90. The molecule has 1 aliphatic rings. The van der Waals surface area contributed by atoms with E-state index < -0.39 is 58.1 Å². The summed E-state index contributed by atoms with van der Waals surface area (Å²) in [6.07, 6.45) is -0.262. The molecule has 0 unspecified atom stereocenters. The first-order chi connectivity index (χ1) is 14.5. The number of hydrogen-bond acceptors (Lipinski definition) is 9. The van der Waals surface area contributed by atoms with Crippen molar-refractivity contribution in [3.05, 3.63) is 46.0 Å². The van der Waals surface area contributed by atoms with E-state index in [1.807, 2.05) is 0 Å². The number of phenolic OH excluding ortho intramolecular Hbond substituents is 4. The van der Waals surface area contributed by atoms with Crippen LogP contribution in [-0.2, 0) is 9.53 Å². The van der Waals surface area contributed by atoms with E-state index in [9.17, 15) is 39.9 Å². The molecule has 0 radical (unpaired) electrons. The van der Waals surface area contributed by atoms with Crippen molar-refractivity contribution in [1.29, 1.82) is 0 Å². The first-order valence-corrected chi connectivity index (χ1v) is 9.58. The number of aliphatic hydroxyl groups is 1. The summed E-state index contributed by atoms with van der Waals surface area (Å²) in [4.78, 5) is 37.2. The molecule has 0 aliphatic heterocycles. The van der Waals surface area contributed by atoms with Gasteiger partial charge in [0.25, 0.3) is 0 Å². The topological polar surface area (TPSA) is 162 Å². The van der Waals surface area contributed by atoms with Gasteiger partial charge in [0.2, 0.25) is 5.78 Å². The van der Waals surface area contributed by atoms with Crippen molar-refractivity contribution < 1.29 is 44.7 Å². The van der Waals surface area contributed by atoms with Crippen LogP contribution in [-0.4, -0.2) is 55.8 Å². The van der Waals surface area contributed by atoms with Crippen molar-refractivity contribution in [1.82, 2.24) is 0 Å². The zero-order valence-electron chi connectivity index (χ0n) is 16.9. The van der Waals surface area contributed by atoms with Gasteiger partial charge in [-0.3, -0.25) is 14.4 Å². The molecule has 0 aromatic heterocycles. The summed E-state index contributed by atoms with van der Waals surface area (Å²) in [7, 11) is 0. The van der Waals surface area contributed by atoms with E-state index in [1.54, 1.807) is 6.92 Å². The van der Waals surface area contributed by atoms with E-state index in [0.717, 1.165) is 18.2 Å². The largest absolute Gasteiger partial charge is 0.508 e. The van der Waals surface area contributed by atoms with E-state index in [2.05, 4.69) is 0 Å². The van der Waals surface area contributed by atoms with E-state index in [4.69, 9.17) is 4.74 Å². The van der Waals surface area contributed by atoms with Crippen molar-refractivity contribution in [3.8, 4) is 23.0 Å². The van der Waals surface area contributed by atoms with Crippen molar-refractivity contribution in [3.63, 3.8) is 0 Å². The molecule has 2 aromatic carbocycles. The number of rotatable bonds is 6. The summed E-state index contributed by atoms with van der Waals surface area (Å²) in [6.45, 7) is 2.50. The number of ketones is 2. The van der Waals surface area contributed by atoms with Crippen LogP contribution in [0.4, 0.5) is 0 Å². The summed E-state index contributed by atoms with van der Waals surface area (Å²) in [5.74, 6) is -5.22. The third kappa shape index (κ3) is 4.04. The summed E-state index contributed by atoms with van der Waals surface area (Å²) in [6, 6.07) is 2.95. The highest BCUT2D eigenvalue weighted by molar-refractivity contribution is 6.30. The fraction of sp³-hybridized carbons (Fsp3) is 0.318. The Bertz CT molecular complexity index is 1090. The SMILES string of the molecule is CC(=O)OC[C@@H](CC[C@H](C)O)c1c(O)cc2c(c1O)C(=O)c1c(O)cc(O)cc1C2=O. The van der Waals surface area contributed by atoms with Crippen molar-refractivity contribution in [2.45, 2.75) is 38.7 Å². The second kappa shape index (κ2) is 8.27. The summed E-state index contributed by atoms with van der Waals surface area (Å²) < 4.78 is 5.02. The molecule has 9 nitrogen and oxygen atoms in total. The quantitative estimate of drug-likeness (QED) is 0.369. The van der Waals surface area contributed by atoms with Gasteiger partial charge < -0.3 is 30.3 Å². The first-order valence-electron chi connectivity index (χ1n) is 9.58. The number of ether oxygens (including phenoxy) is 1. The molecule has 0 heterocycles. The van der Waals surface area contributed by atoms with Gasteiger partial charge >= 0.3 is 5.97 Å². The Balaban J connectivity index is 2.17. The monoisotopic (exact) mass is 430 g/mol. The van der Waals surface area contributed by atoms with Crippen molar-refractivity contribution in [2.75, 3.05) is 6.61 Å². The molecule has 0 saturated carbocycles. The second-order valence-electron chi connectivity index (χ2n) is 7.55. The molecular weight excluding hydrogens is 408 g/mol. The average Bonchev–Trinajstić information content (AvgIpc) is 2.66. The van der Waals surface area contributed by atoms with Crippen LogP contribution in [0.5, 0.6) is 23.0 Å². The average molecular weight is 430 g/mol. The predicted octanol–water partition coefficient (Wildman–Crippen LogP) is 2.09. The highest BCUT2D eigenvalue weighted by Gasteiger charge is 2.38. The van der Waals surface area contributed by atoms with Crippen LogP contribution in [0.2, 0.25) is 0 Å². The predicted molar refractivity (Wildman–Crippen MR) is 107 cm³/mol. The van der Waals surface area contributed by atoms with Crippen LogP contribution in [0.1, 0.15) is 70.0 Å². The molecule has 31 heavy (non-hydrogen) atoms. The van der Waals surface area contributed by atoms with Crippen LogP contribution in [0.15, 0.2) is 18.2 Å². The molecule has 0 fully saturated rings. The van der Waals surface area contributed by atoms with Crippen LogP contribution >= 0.6 is 0 Å².